The van der Waals surface area contributed by atoms with Crippen LogP contribution in [-0.4, -0.2) is 53.8 Å². The van der Waals surface area contributed by atoms with E-state index >= 15 is 0 Å². The van der Waals surface area contributed by atoms with Crippen LogP contribution in [0.4, 0.5) is 0 Å². The molecule has 0 rings (SSSR count). The van der Waals surface area contributed by atoms with Crippen molar-refractivity contribution in [2.24, 2.45) is 10.7 Å². The van der Waals surface area contributed by atoms with E-state index in [2.05, 4.69) is 4.99 Å². The molecule has 0 fully saturated rings. The maximum absolute atomic E-state index is 8.24. The Morgan fingerprint density at radius 3 is 2.50 bits per heavy atom. The van der Waals surface area contributed by atoms with Gasteiger partial charge in [-0.05, 0) is 14.1 Å². The van der Waals surface area contributed by atoms with Crippen molar-refractivity contribution < 1.29 is 10.4 Å². The molecule has 0 saturated heterocycles. The Labute approximate surface area is 71.0 Å². The van der Waals surface area contributed by atoms with E-state index in [9.17, 15) is 0 Å². The molecule has 7 nitrogen and oxygen atoms in total. The van der Waals surface area contributed by atoms with Gasteiger partial charge in [0.2, 0.25) is 5.96 Å². The Hall–Kier alpha value is -0.890. The third kappa shape index (κ3) is 7.22. The Morgan fingerprint density at radius 2 is 2.08 bits per heavy atom. The van der Waals surface area contributed by atoms with Crippen molar-refractivity contribution in [1.29, 1.82) is 0 Å². The second-order valence-electron chi connectivity index (χ2n) is 2.47. The van der Waals surface area contributed by atoms with Crippen LogP contribution in [0.1, 0.15) is 0 Å². The molecular formula is C5H15N5O2. The molecule has 0 amide bonds. The van der Waals surface area contributed by atoms with Crippen LogP contribution in [0.5, 0.6) is 0 Å². The summed E-state index contributed by atoms with van der Waals surface area (Å²) in [5.74, 6) is -0.0400. The largest absolute Gasteiger partial charge is 0.369 e. The highest BCUT2D eigenvalue weighted by molar-refractivity contribution is 5.77. The molecule has 0 saturated carbocycles. The molecule has 0 aromatic rings. The smallest absolute Gasteiger partial charge is 0.207 e. The Kier molecular flexibility index (Phi) is 5.30. The van der Waals surface area contributed by atoms with E-state index in [1.807, 2.05) is 24.4 Å². The van der Waals surface area contributed by atoms with Crippen molar-refractivity contribution in [3.8, 4) is 0 Å². The second kappa shape index (κ2) is 5.72. The molecule has 0 aliphatic rings. The number of rotatable bonds is 4. The van der Waals surface area contributed by atoms with E-state index < -0.39 is 0 Å². The van der Waals surface area contributed by atoms with Crippen LogP contribution in [0, 0.1) is 0 Å². The first kappa shape index (κ1) is 11.1. The van der Waals surface area contributed by atoms with Crippen LogP contribution in [-0.2, 0) is 0 Å². The number of guanidine groups is 1. The lowest BCUT2D eigenvalue weighted by molar-refractivity contribution is -0.329. The summed E-state index contributed by atoms with van der Waals surface area (Å²) in [5, 5.41) is 16.2. The summed E-state index contributed by atoms with van der Waals surface area (Å²) < 4.78 is 0. The standard InChI is InChI=1S/C5H15N5O2/c1-9(2)4-3-7-5(6)8-10(11)12/h11-12H,3-4H2,1-2H3,(H3,6,7,8). The molecule has 0 heterocycles. The van der Waals surface area contributed by atoms with Crippen LogP contribution in [0.25, 0.3) is 0 Å². The molecule has 72 valence electrons. The molecule has 0 spiro atoms. The maximum Gasteiger partial charge on any atom is 0.207 e. The molecule has 0 unspecified atom stereocenters. The Morgan fingerprint density at radius 1 is 1.50 bits per heavy atom. The second-order valence-corrected chi connectivity index (χ2v) is 2.47. The van der Waals surface area contributed by atoms with Gasteiger partial charge in [-0.1, -0.05) is 0 Å². The molecule has 0 radical (unpaired) electrons. The van der Waals surface area contributed by atoms with Crippen LogP contribution < -0.4 is 11.2 Å². The first-order valence-corrected chi connectivity index (χ1v) is 3.41. The fourth-order valence-corrected chi connectivity index (χ4v) is 0.508. The van der Waals surface area contributed by atoms with Crippen LogP contribution >= 0.6 is 0 Å². The number of likely N-dealkylation sites (N-methyl/N-ethyl adjacent to an activating group) is 1. The lowest BCUT2D eigenvalue weighted by atomic mass is 10.6. The first-order chi connectivity index (χ1) is 5.52. The first-order valence-electron chi connectivity index (χ1n) is 3.41. The van der Waals surface area contributed by atoms with Gasteiger partial charge < -0.3 is 10.6 Å². The number of nitrogens with zero attached hydrogens (tertiary/aromatic N) is 3. The van der Waals surface area contributed by atoms with Crippen molar-refractivity contribution in [2.45, 2.75) is 0 Å². The zero-order valence-corrected chi connectivity index (χ0v) is 7.23. The average molecular weight is 177 g/mol. The van der Waals surface area contributed by atoms with E-state index in [0.717, 1.165) is 6.54 Å². The number of aliphatic imine (C=N–C) groups is 1. The van der Waals surface area contributed by atoms with Crippen LogP contribution in [0.15, 0.2) is 4.99 Å². The molecule has 12 heavy (non-hydrogen) atoms. The van der Waals surface area contributed by atoms with Gasteiger partial charge in [0.25, 0.3) is 0 Å². The quantitative estimate of drug-likeness (QED) is 0.236. The van der Waals surface area contributed by atoms with E-state index in [1.54, 1.807) is 0 Å². The highest BCUT2D eigenvalue weighted by Gasteiger charge is 1.94. The summed E-state index contributed by atoms with van der Waals surface area (Å²) in [7, 11) is 3.81. The van der Waals surface area contributed by atoms with Gasteiger partial charge in [-0.2, -0.15) is 0 Å². The van der Waals surface area contributed by atoms with Crippen LogP contribution in [0.2, 0.25) is 0 Å². The maximum atomic E-state index is 8.24. The van der Waals surface area contributed by atoms with Gasteiger partial charge in [-0.3, -0.25) is 15.4 Å². The number of nitrogens with one attached hydrogen (secondary N) is 1. The van der Waals surface area contributed by atoms with Crippen molar-refractivity contribution in [3.05, 3.63) is 0 Å². The van der Waals surface area contributed by atoms with Crippen molar-refractivity contribution in [1.82, 2.24) is 15.7 Å². The molecule has 0 aliphatic carbocycles. The number of hydrogen-bond acceptors (Lipinski definition) is 5. The van der Waals surface area contributed by atoms with Crippen molar-refractivity contribution in [3.63, 3.8) is 0 Å². The molecule has 5 N–H and O–H groups in total. The van der Waals surface area contributed by atoms with E-state index in [4.69, 9.17) is 16.1 Å². The van der Waals surface area contributed by atoms with E-state index in [1.165, 1.54) is 0 Å². The lowest BCUT2D eigenvalue weighted by Crippen LogP contribution is -2.42. The molecule has 0 aromatic heterocycles. The summed E-state index contributed by atoms with van der Waals surface area (Å²) in [4.78, 5) is 5.72. The van der Waals surface area contributed by atoms with Gasteiger partial charge in [0.1, 0.15) is 0 Å². The Balaban J connectivity index is 3.55. The molecule has 0 bridgehead atoms. The minimum absolute atomic E-state index is 0.0400. The van der Waals surface area contributed by atoms with Gasteiger partial charge in [0, 0.05) is 11.9 Å². The zero-order chi connectivity index (χ0) is 9.56. The lowest BCUT2D eigenvalue weighted by Gasteiger charge is -2.09. The number of hydrogen-bond donors (Lipinski definition) is 4. The van der Waals surface area contributed by atoms with E-state index in [0.29, 0.717) is 6.54 Å². The molecule has 0 aromatic carbocycles. The van der Waals surface area contributed by atoms with Gasteiger partial charge in [0.15, 0.2) is 0 Å². The summed E-state index contributed by atoms with van der Waals surface area (Å²) in [6, 6.07) is 0. The van der Waals surface area contributed by atoms with Gasteiger partial charge in [-0.25, -0.2) is 5.43 Å². The average Bonchev–Trinajstić information content (AvgIpc) is 1.84. The predicted molar refractivity (Wildman–Crippen MR) is 43.6 cm³/mol. The molecular weight excluding hydrogens is 162 g/mol. The summed E-state index contributed by atoms with van der Waals surface area (Å²) >= 11 is 0. The molecule has 7 heteroatoms. The van der Waals surface area contributed by atoms with Crippen LogP contribution in [0.3, 0.4) is 0 Å². The topological polar surface area (TPSA) is 97.4 Å². The van der Waals surface area contributed by atoms with Gasteiger partial charge >= 0.3 is 0 Å². The fraction of sp³-hybridized carbons (Fsp3) is 0.800. The number of hydrazine groups is 1. The normalized spacial score (nSPS) is 12.7. The Bertz CT molecular complexity index is 147. The van der Waals surface area contributed by atoms with Gasteiger partial charge in [0.05, 0.1) is 6.54 Å². The highest BCUT2D eigenvalue weighted by atomic mass is 16.8. The summed E-state index contributed by atoms with van der Waals surface area (Å²) in [5.41, 5.74) is 7.19. The molecule has 0 aliphatic heterocycles. The third-order valence-corrected chi connectivity index (χ3v) is 1.04. The summed E-state index contributed by atoms with van der Waals surface area (Å²) in [6.45, 7) is 1.25. The fourth-order valence-electron chi connectivity index (χ4n) is 0.508. The monoisotopic (exact) mass is 177 g/mol. The minimum atomic E-state index is -0.242. The predicted octanol–water partition coefficient (Wildman–Crippen LogP) is -1.55. The third-order valence-electron chi connectivity index (χ3n) is 1.04. The van der Waals surface area contributed by atoms with E-state index in [-0.39, 0.29) is 11.3 Å². The molecule has 0 atom stereocenters. The highest BCUT2D eigenvalue weighted by Crippen LogP contribution is 1.75. The zero-order valence-electron chi connectivity index (χ0n) is 7.23. The summed E-state index contributed by atoms with van der Waals surface area (Å²) in [6.07, 6.45) is 0. The SMILES string of the molecule is CN(C)CCN=C(N)NN(O)O. The van der Waals surface area contributed by atoms with Gasteiger partial charge in [-0.15, -0.1) is 0 Å². The van der Waals surface area contributed by atoms with Crippen molar-refractivity contribution in [2.75, 3.05) is 27.2 Å². The minimum Gasteiger partial charge on any atom is -0.369 e. The number of nitrogens with two attached hydrogens (primary N) is 1. The van der Waals surface area contributed by atoms with Crippen molar-refractivity contribution >= 4 is 5.96 Å².